The Balaban J connectivity index is 1.86. The molecule has 2 aliphatic rings. The van der Waals surface area contributed by atoms with Crippen molar-refractivity contribution in [1.29, 1.82) is 0 Å². The van der Waals surface area contributed by atoms with Crippen LogP contribution >= 0.6 is 11.3 Å². The van der Waals surface area contributed by atoms with E-state index in [1.165, 1.54) is 29.0 Å². The van der Waals surface area contributed by atoms with Crippen molar-refractivity contribution in [1.82, 2.24) is 10.2 Å². The van der Waals surface area contributed by atoms with E-state index in [-0.39, 0.29) is 18.1 Å². The van der Waals surface area contributed by atoms with Crippen molar-refractivity contribution >= 4 is 17.2 Å². The second-order valence-corrected chi connectivity index (χ2v) is 8.69. The number of aryl methyl sites for hydroxylation is 1. The summed E-state index contributed by atoms with van der Waals surface area (Å²) in [6.07, 6.45) is 3.88. The number of rotatable bonds is 4. The predicted octanol–water partition coefficient (Wildman–Crippen LogP) is 3.70. The van der Waals surface area contributed by atoms with E-state index in [1.54, 1.807) is 11.3 Å². The Morgan fingerprint density at radius 3 is 2.62 bits per heavy atom. The predicted molar refractivity (Wildman–Crippen MR) is 87.2 cm³/mol. The Morgan fingerprint density at radius 1 is 1.43 bits per heavy atom. The number of carbonyl (C=O) groups excluding carboxylic acids is 1. The Bertz CT molecular complexity index is 533. The van der Waals surface area contributed by atoms with E-state index in [1.807, 2.05) is 0 Å². The van der Waals surface area contributed by atoms with E-state index >= 15 is 0 Å². The summed E-state index contributed by atoms with van der Waals surface area (Å²) < 4.78 is 0. The molecule has 1 saturated heterocycles. The fraction of sp³-hybridized carbons (Fsp3) is 0.706. The van der Waals surface area contributed by atoms with Crippen LogP contribution in [0, 0.1) is 18.3 Å². The van der Waals surface area contributed by atoms with Crippen LogP contribution in [0.1, 0.15) is 56.0 Å². The standard InChI is InChI=1S/C17H26N2OS/c1-11(2)14-16(20)19(10-17(4)8-5-9-17)15(18-14)13-7-6-12(3)21-13/h6-7,11,14-15,18H,5,8-10H2,1-4H3. The summed E-state index contributed by atoms with van der Waals surface area (Å²) in [5.74, 6) is 0.620. The quantitative estimate of drug-likeness (QED) is 0.920. The Kier molecular flexibility index (Phi) is 3.87. The molecule has 1 aliphatic carbocycles. The third-order valence-electron chi connectivity index (χ3n) is 5.01. The van der Waals surface area contributed by atoms with Crippen LogP contribution in [-0.2, 0) is 4.79 Å². The average Bonchev–Trinajstić information content (AvgIpc) is 2.93. The van der Waals surface area contributed by atoms with Crippen molar-refractivity contribution in [2.45, 2.75) is 59.2 Å². The van der Waals surface area contributed by atoms with E-state index in [0.717, 1.165) is 6.54 Å². The van der Waals surface area contributed by atoms with E-state index in [4.69, 9.17) is 0 Å². The van der Waals surface area contributed by atoms with Crippen molar-refractivity contribution in [3.63, 3.8) is 0 Å². The molecule has 0 radical (unpaired) electrons. The monoisotopic (exact) mass is 306 g/mol. The lowest BCUT2D eigenvalue weighted by Crippen LogP contribution is -2.43. The molecular weight excluding hydrogens is 280 g/mol. The van der Waals surface area contributed by atoms with Gasteiger partial charge in [0.05, 0.1) is 6.04 Å². The summed E-state index contributed by atoms with van der Waals surface area (Å²) in [7, 11) is 0. The van der Waals surface area contributed by atoms with Gasteiger partial charge < -0.3 is 4.90 Å². The van der Waals surface area contributed by atoms with Gasteiger partial charge in [-0.2, -0.15) is 0 Å². The van der Waals surface area contributed by atoms with Crippen molar-refractivity contribution in [3.05, 3.63) is 21.9 Å². The molecule has 2 fully saturated rings. The third kappa shape index (κ3) is 2.76. The lowest BCUT2D eigenvalue weighted by atomic mass is 9.70. The van der Waals surface area contributed by atoms with Crippen LogP contribution in [0.25, 0.3) is 0 Å². The molecule has 4 heteroatoms. The van der Waals surface area contributed by atoms with Gasteiger partial charge in [0, 0.05) is 16.3 Å². The first-order valence-corrected chi connectivity index (χ1v) is 8.84. The van der Waals surface area contributed by atoms with Crippen LogP contribution in [0.4, 0.5) is 0 Å². The van der Waals surface area contributed by atoms with E-state index in [0.29, 0.717) is 11.3 Å². The van der Waals surface area contributed by atoms with Crippen molar-refractivity contribution in [2.75, 3.05) is 6.54 Å². The summed E-state index contributed by atoms with van der Waals surface area (Å²) in [6, 6.07) is 4.28. The molecule has 2 atom stereocenters. The largest absolute Gasteiger partial charge is 0.320 e. The summed E-state index contributed by atoms with van der Waals surface area (Å²) >= 11 is 1.80. The smallest absolute Gasteiger partial charge is 0.241 e. The molecule has 3 rings (SSSR count). The van der Waals surface area contributed by atoms with Gasteiger partial charge in [0.25, 0.3) is 0 Å². The molecule has 0 aromatic carbocycles. The van der Waals surface area contributed by atoms with Crippen molar-refractivity contribution in [3.8, 4) is 0 Å². The summed E-state index contributed by atoms with van der Waals surface area (Å²) in [5, 5.41) is 3.58. The topological polar surface area (TPSA) is 32.3 Å². The highest BCUT2D eigenvalue weighted by Crippen LogP contribution is 2.43. The summed E-state index contributed by atoms with van der Waals surface area (Å²) in [6.45, 7) is 9.59. The summed E-state index contributed by atoms with van der Waals surface area (Å²) in [5.41, 5.74) is 0.327. The fourth-order valence-corrected chi connectivity index (χ4v) is 4.42. The van der Waals surface area contributed by atoms with Crippen molar-refractivity contribution < 1.29 is 4.79 Å². The molecule has 116 valence electrons. The second kappa shape index (κ2) is 5.40. The van der Waals surface area contributed by atoms with Gasteiger partial charge >= 0.3 is 0 Å². The Labute approximate surface area is 131 Å². The minimum atomic E-state index is -0.0407. The number of thiophene rings is 1. The maximum absolute atomic E-state index is 12.8. The number of hydrogen-bond donors (Lipinski definition) is 1. The summed E-state index contributed by atoms with van der Waals surface area (Å²) in [4.78, 5) is 17.5. The minimum absolute atomic E-state index is 0.0407. The zero-order chi connectivity index (χ0) is 15.2. The minimum Gasteiger partial charge on any atom is -0.320 e. The number of hydrogen-bond acceptors (Lipinski definition) is 3. The zero-order valence-electron chi connectivity index (χ0n) is 13.5. The highest BCUT2D eigenvalue weighted by atomic mass is 32.1. The highest BCUT2D eigenvalue weighted by Gasteiger charge is 2.45. The lowest BCUT2D eigenvalue weighted by molar-refractivity contribution is -0.133. The van der Waals surface area contributed by atoms with Crippen LogP contribution < -0.4 is 5.32 Å². The number of amides is 1. The lowest BCUT2D eigenvalue weighted by Gasteiger charge is -2.42. The van der Waals surface area contributed by atoms with Gasteiger partial charge in [0.15, 0.2) is 0 Å². The average molecular weight is 306 g/mol. The number of nitrogens with zero attached hydrogens (tertiary/aromatic N) is 1. The second-order valence-electron chi connectivity index (χ2n) is 7.37. The zero-order valence-corrected chi connectivity index (χ0v) is 14.3. The SMILES string of the molecule is Cc1ccc(C2NC(C(C)C)C(=O)N2CC2(C)CCC2)s1. The first kappa shape index (κ1) is 15.0. The molecule has 0 spiro atoms. The maximum atomic E-state index is 12.8. The first-order chi connectivity index (χ1) is 9.89. The van der Waals surface area contributed by atoms with Crippen LogP contribution in [0.3, 0.4) is 0 Å². The van der Waals surface area contributed by atoms with Crippen LogP contribution in [0.2, 0.25) is 0 Å². The molecule has 0 bridgehead atoms. The molecule has 2 unspecified atom stereocenters. The molecule has 2 heterocycles. The van der Waals surface area contributed by atoms with Gasteiger partial charge in [0.1, 0.15) is 6.17 Å². The first-order valence-electron chi connectivity index (χ1n) is 8.02. The van der Waals surface area contributed by atoms with Gasteiger partial charge in [-0.05, 0) is 43.2 Å². The van der Waals surface area contributed by atoms with Crippen LogP contribution in [-0.4, -0.2) is 23.4 Å². The van der Waals surface area contributed by atoms with Crippen molar-refractivity contribution in [2.24, 2.45) is 11.3 Å². The Hall–Kier alpha value is -0.870. The molecular formula is C17H26N2OS. The molecule has 1 amide bonds. The molecule has 1 aromatic heterocycles. The highest BCUT2D eigenvalue weighted by molar-refractivity contribution is 7.12. The molecule has 1 aliphatic heterocycles. The van der Waals surface area contributed by atoms with Gasteiger partial charge in [-0.25, -0.2) is 0 Å². The molecule has 1 saturated carbocycles. The van der Waals surface area contributed by atoms with Crippen LogP contribution in [0.5, 0.6) is 0 Å². The van der Waals surface area contributed by atoms with Crippen LogP contribution in [0.15, 0.2) is 12.1 Å². The molecule has 3 nitrogen and oxygen atoms in total. The number of nitrogens with one attached hydrogen (secondary N) is 1. The van der Waals surface area contributed by atoms with E-state index < -0.39 is 0 Å². The van der Waals surface area contributed by atoms with Gasteiger partial charge in [-0.3, -0.25) is 10.1 Å². The van der Waals surface area contributed by atoms with Gasteiger partial charge in [-0.1, -0.05) is 27.2 Å². The molecule has 1 N–H and O–H groups in total. The van der Waals surface area contributed by atoms with Gasteiger partial charge in [-0.15, -0.1) is 11.3 Å². The third-order valence-corrected chi connectivity index (χ3v) is 6.06. The maximum Gasteiger partial charge on any atom is 0.241 e. The Morgan fingerprint density at radius 2 is 2.14 bits per heavy atom. The molecule has 1 aromatic rings. The fourth-order valence-electron chi connectivity index (χ4n) is 3.47. The van der Waals surface area contributed by atoms with E-state index in [2.05, 4.69) is 50.0 Å². The van der Waals surface area contributed by atoms with Gasteiger partial charge in [0.2, 0.25) is 5.91 Å². The normalized spacial score (nSPS) is 28.2. The molecule has 21 heavy (non-hydrogen) atoms. The van der Waals surface area contributed by atoms with E-state index in [9.17, 15) is 4.79 Å². The number of carbonyl (C=O) groups is 1.